The van der Waals surface area contributed by atoms with Gasteiger partial charge in [-0.25, -0.2) is 9.37 Å². The maximum absolute atomic E-state index is 13.8. The summed E-state index contributed by atoms with van der Waals surface area (Å²) in [6, 6.07) is 10.4. The maximum Gasteiger partial charge on any atom is 0.302 e. The lowest BCUT2D eigenvalue weighted by Gasteiger charge is -2.14. The lowest BCUT2D eigenvalue weighted by molar-refractivity contribution is -0.142. The summed E-state index contributed by atoms with van der Waals surface area (Å²) in [7, 11) is 0. The fraction of sp³-hybridized carbons (Fsp3) is 0.348. The predicted octanol–water partition coefficient (Wildman–Crippen LogP) is 4.82. The summed E-state index contributed by atoms with van der Waals surface area (Å²) >= 11 is 1.49. The van der Waals surface area contributed by atoms with Crippen LogP contribution in [-0.4, -0.2) is 33.7 Å². The number of benzene rings is 1. The highest BCUT2D eigenvalue weighted by Gasteiger charge is 2.21. The minimum Gasteiger partial charge on any atom is -0.463 e. The van der Waals surface area contributed by atoms with Gasteiger partial charge < -0.3 is 14.0 Å². The molecule has 0 N–H and O–H groups in total. The van der Waals surface area contributed by atoms with Gasteiger partial charge in [-0.2, -0.15) is 0 Å². The number of imidazole rings is 1. The minimum absolute atomic E-state index is 0.172. The molecule has 0 amide bonds. The Hall–Kier alpha value is -2.71. The summed E-state index contributed by atoms with van der Waals surface area (Å²) in [6.07, 6.45) is 3.55. The fourth-order valence-corrected chi connectivity index (χ4v) is 4.19. The number of carbonyl (C=O) groups is 1. The standard InChI is InChI=1S/C23H26FN3O3S/c1-16(2)22-23(31-20-8-4-7-19(24)12-20)27(14-18-6-5-9-25-13-18)21(26-22)15-29-10-11-30-17(3)28/h4-9,12-13,16H,10-11,14-15H2,1-3H3. The average molecular weight is 444 g/mol. The maximum atomic E-state index is 13.8. The SMILES string of the molecule is CC(=O)OCCOCc1nc(C(C)C)c(Sc2cccc(F)c2)n1Cc1cccnc1. The summed E-state index contributed by atoms with van der Waals surface area (Å²) in [5, 5.41) is 0.947. The Labute approximate surface area is 185 Å². The zero-order valence-electron chi connectivity index (χ0n) is 17.9. The van der Waals surface area contributed by atoms with Crippen molar-refractivity contribution in [1.82, 2.24) is 14.5 Å². The first kappa shape index (κ1) is 23.0. The van der Waals surface area contributed by atoms with Crippen molar-refractivity contribution in [3.8, 4) is 0 Å². The van der Waals surface area contributed by atoms with E-state index in [0.717, 1.165) is 27.0 Å². The second-order valence-electron chi connectivity index (χ2n) is 7.27. The third-order valence-electron chi connectivity index (χ3n) is 4.41. The van der Waals surface area contributed by atoms with E-state index in [9.17, 15) is 9.18 Å². The number of hydrogen-bond acceptors (Lipinski definition) is 6. The Morgan fingerprint density at radius 3 is 2.74 bits per heavy atom. The third-order valence-corrected chi connectivity index (χ3v) is 5.52. The minimum atomic E-state index is -0.336. The van der Waals surface area contributed by atoms with E-state index in [2.05, 4.69) is 23.4 Å². The highest BCUT2D eigenvalue weighted by molar-refractivity contribution is 7.99. The first-order valence-corrected chi connectivity index (χ1v) is 10.9. The van der Waals surface area contributed by atoms with E-state index in [1.54, 1.807) is 12.3 Å². The van der Waals surface area contributed by atoms with E-state index in [-0.39, 0.29) is 37.5 Å². The molecule has 31 heavy (non-hydrogen) atoms. The van der Waals surface area contributed by atoms with Gasteiger partial charge in [-0.3, -0.25) is 9.78 Å². The molecule has 0 fully saturated rings. The van der Waals surface area contributed by atoms with Crippen LogP contribution in [0.2, 0.25) is 0 Å². The van der Waals surface area contributed by atoms with Crippen molar-refractivity contribution in [2.75, 3.05) is 13.2 Å². The molecule has 8 heteroatoms. The molecule has 164 valence electrons. The topological polar surface area (TPSA) is 66.2 Å². The zero-order valence-corrected chi connectivity index (χ0v) is 18.7. The van der Waals surface area contributed by atoms with Crippen molar-refractivity contribution >= 4 is 17.7 Å². The monoisotopic (exact) mass is 443 g/mol. The van der Waals surface area contributed by atoms with Crippen LogP contribution < -0.4 is 0 Å². The lowest BCUT2D eigenvalue weighted by atomic mass is 10.1. The molecule has 0 radical (unpaired) electrons. The van der Waals surface area contributed by atoms with Crippen LogP contribution in [0.5, 0.6) is 0 Å². The molecular weight excluding hydrogens is 417 g/mol. The Morgan fingerprint density at radius 2 is 2.06 bits per heavy atom. The number of pyridine rings is 1. The predicted molar refractivity (Wildman–Crippen MR) is 116 cm³/mol. The summed E-state index contributed by atoms with van der Waals surface area (Å²) in [5.74, 6) is 0.321. The molecule has 1 aromatic carbocycles. The zero-order chi connectivity index (χ0) is 22.2. The van der Waals surface area contributed by atoms with Crippen LogP contribution in [0.4, 0.5) is 4.39 Å². The van der Waals surface area contributed by atoms with E-state index in [0.29, 0.717) is 6.54 Å². The van der Waals surface area contributed by atoms with Crippen LogP contribution in [0.25, 0.3) is 0 Å². The molecule has 0 atom stereocenters. The molecule has 0 saturated heterocycles. The van der Waals surface area contributed by atoms with Gasteiger partial charge in [0, 0.05) is 24.2 Å². The van der Waals surface area contributed by atoms with Crippen molar-refractivity contribution in [2.24, 2.45) is 0 Å². The van der Waals surface area contributed by atoms with E-state index >= 15 is 0 Å². The lowest BCUT2D eigenvalue weighted by Crippen LogP contribution is -2.11. The molecular formula is C23H26FN3O3S. The van der Waals surface area contributed by atoms with E-state index < -0.39 is 0 Å². The van der Waals surface area contributed by atoms with E-state index in [1.807, 2.05) is 24.4 Å². The number of nitrogens with zero attached hydrogens (tertiary/aromatic N) is 3. The summed E-state index contributed by atoms with van der Waals surface area (Å²) in [5.41, 5.74) is 1.95. The van der Waals surface area contributed by atoms with Crippen molar-refractivity contribution in [3.05, 3.63) is 71.7 Å². The molecule has 3 rings (SSSR count). The van der Waals surface area contributed by atoms with Crippen LogP contribution in [0, 0.1) is 5.82 Å². The number of ether oxygens (including phenoxy) is 2. The van der Waals surface area contributed by atoms with Gasteiger partial charge in [0.15, 0.2) is 0 Å². The average Bonchev–Trinajstić information content (AvgIpc) is 3.06. The van der Waals surface area contributed by atoms with Gasteiger partial charge in [0.1, 0.15) is 29.9 Å². The van der Waals surface area contributed by atoms with Crippen LogP contribution >= 0.6 is 11.8 Å². The first-order chi connectivity index (χ1) is 14.9. The van der Waals surface area contributed by atoms with Crippen molar-refractivity contribution in [3.63, 3.8) is 0 Å². The molecule has 0 bridgehead atoms. The van der Waals surface area contributed by atoms with E-state index in [4.69, 9.17) is 14.5 Å². The Bertz CT molecular complexity index is 1010. The van der Waals surface area contributed by atoms with Crippen LogP contribution in [0.1, 0.15) is 43.8 Å². The van der Waals surface area contributed by atoms with Crippen LogP contribution in [-0.2, 0) is 27.4 Å². The smallest absolute Gasteiger partial charge is 0.302 e. The molecule has 0 saturated carbocycles. The molecule has 2 aromatic heterocycles. The largest absolute Gasteiger partial charge is 0.463 e. The summed E-state index contributed by atoms with van der Waals surface area (Å²) in [6.45, 7) is 6.84. The second kappa shape index (κ2) is 11.1. The van der Waals surface area contributed by atoms with Crippen molar-refractivity contribution < 1.29 is 18.7 Å². The van der Waals surface area contributed by atoms with Gasteiger partial charge in [-0.05, 0) is 35.7 Å². The highest BCUT2D eigenvalue weighted by atomic mass is 32.2. The molecule has 2 heterocycles. The number of halogens is 1. The van der Waals surface area contributed by atoms with E-state index in [1.165, 1.54) is 30.8 Å². The Balaban J connectivity index is 1.91. The van der Waals surface area contributed by atoms with Gasteiger partial charge in [0.25, 0.3) is 0 Å². The molecule has 3 aromatic rings. The second-order valence-corrected chi connectivity index (χ2v) is 8.33. The van der Waals surface area contributed by atoms with Crippen LogP contribution in [0.3, 0.4) is 0 Å². The quantitative estimate of drug-likeness (QED) is 0.331. The summed E-state index contributed by atoms with van der Waals surface area (Å²) < 4.78 is 26.5. The number of carbonyl (C=O) groups excluding carboxylic acids is 1. The Morgan fingerprint density at radius 1 is 1.23 bits per heavy atom. The molecule has 0 aliphatic heterocycles. The number of esters is 1. The molecule has 6 nitrogen and oxygen atoms in total. The number of aromatic nitrogens is 3. The fourth-order valence-electron chi connectivity index (χ4n) is 2.98. The van der Waals surface area contributed by atoms with Gasteiger partial charge in [-0.1, -0.05) is 37.7 Å². The normalized spacial score (nSPS) is 11.1. The first-order valence-electron chi connectivity index (χ1n) is 10.1. The summed E-state index contributed by atoms with van der Waals surface area (Å²) in [4.78, 5) is 20.8. The molecule has 0 spiro atoms. The highest BCUT2D eigenvalue weighted by Crippen LogP contribution is 2.35. The Kier molecular flexibility index (Phi) is 8.20. The number of hydrogen-bond donors (Lipinski definition) is 0. The van der Waals surface area contributed by atoms with Crippen LogP contribution in [0.15, 0.2) is 58.7 Å². The van der Waals surface area contributed by atoms with Gasteiger partial charge in [-0.15, -0.1) is 0 Å². The van der Waals surface area contributed by atoms with Crippen molar-refractivity contribution in [1.29, 1.82) is 0 Å². The van der Waals surface area contributed by atoms with Gasteiger partial charge in [0.05, 0.1) is 18.8 Å². The molecule has 0 aliphatic carbocycles. The van der Waals surface area contributed by atoms with Crippen molar-refractivity contribution in [2.45, 2.75) is 49.8 Å². The van der Waals surface area contributed by atoms with Gasteiger partial charge in [0.2, 0.25) is 0 Å². The molecule has 0 aliphatic rings. The number of rotatable bonds is 10. The van der Waals surface area contributed by atoms with Gasteiger partial charge >= 0.3 is 5.97 Å². The molecule has 0 unspecified atom stereocenters. The third kappa shape index (κ3) is 6.63.